The highest BCUT2D eigenvalue weighted by Crippen LogP contribution is 2.19. The number of pyridine rings is 1. The quantitative estimate of drug-likeness (QED) is 0.780. The zero-order valence-electron chi connectivity index (χ0n) is 12.5. The maximum atomic E-state index is 4.59. The Bertz CT molecular complexity index is 366. The maximum absolute atomic E-state index is 4.59. The predicted octanol–water partition coefficient (Wildman–Crippen LogP) is 2.95. The van der Waals surface area contributed by atoms with Crippen LogP contribution in [0.3, 0.4) is 0 Å². The van der Waals surface area contributed by atoms with Crippen molar-refractivity contribution >= 4 is 0 Å². The molecule has 1 heterocycles. The lowest BCUT2D eigenvalue weighted by atomic mass is 10.1. The summed E-state index contributed by atoms with van der Waals surface area (Å²) in [6.07, 6.45) is 7.11. The molecule has 2 rings (SSSR count). The summed E-state index contributed by atoms with van der Waals surface area (Å²) in [5.74, 6) is 0. The van der Waals surface area contributed by atoms with E-state index >= 15 is 0 Å². The van der Waals surface area contributed by atoms with Gasteiger partial charge in [-0.25, -0.2) is 0 Å². The van der Waals surface area contributed by atoms with Crippen LogP contribution in [0, 0.1) is 0 Å². The topological polar surface area (TPSA) is 28.2 Å². The van der Waals surface area contributed by atoms with Gasteiger partial charge in [-0.2, -0.15) is 0 Å². The molecule has 0 unspecified atom stereocenters. The van der Waals surface area contributed by atoms with Gasteiger partial charge in [-0.05, 0) is 44.4 Å². The van der Waals surface area contributed by atoms with E-state index < -0.39 is 0 Å². The second-order valence-corrected chi connectivity index (χ2v) is 5.70. The van der Waals surface area contributed by atoms with E-state index in [1.807, 2.05) is 6.20 Å². The Kier molecular flexibility index (Phi) is 5.34. The summed E-state index contributed by atoms with van der Waals surface area (Å²) in [4.78, 5) is 6.99. The first kappa shape index (κ1) is 14.5. The van der Waals surface area contributed by atoms with Crippen LogP contribution in [0.2, 0.25) is 0 Å². The molecule has 3 heteroatoms. The molecular weight excluding hydrogens is 234 g/mol. The molecule has 0 saturated heterocycles. The molecule has 3 nitrogen and oxygen atoms in total. The molecule has 1 N–H and O–H groups in total. The van der Waals surface area contributed by atoms with E-state index in [0.29, 0.717) is 6.04 Å². The van der Waals surface area contributed by atoms with Crippen molar-refractivity contribution in [3.05, 3.63) is 29.6 Å². The molecule has 19 heavy (non-hydrogen) atoms. The third kappa shape index (κ3) is 4.59. The molecule has 0 aliphatic heterocycles. The lowest BCUT2D eigenvalue weighted by Gasteiger charge is -2.25. The highest BCUT2D eigenvalue weighted by atomic mass is 15.1. The third-order valence-electron chi connectivity index (χ3n) is 4.04. The van der Waals surface area contributed by atoms with E-state index in [-0.39, 0.29) is 0 Å². The zero-order valence-corrected chi connectivity index (χ0v) is 12.5. The molecule has 1 aromatic heterocycles. The van der Waals surface area contributed by atoms with Gasteiger partial charge in [-0.15, -0.1) is 0 Å². The third-order valence-corrected chi connectivity index (χ3v) is 4.04. The smallest absolute Gasteiger partial charge is 0.0544 e. The molecule has 0 spiro atoms. The first-order chi connectivity index (χ1) is 9.22. The molecule has 1 aliphatic rings. The lowest BCUT2D eigenvalue weighted by Crippen LogP contribution is -2.30. The molecule has 1 aliphatic carbocycles. The fourth-order valence-corrected chi connectivity index (χ4v) is 2.50. The van der Waals surface area contributed by atoms with E-state index in [1.54, 1.807) is 0 Å². The van der Waals surface area contributed by atoms with Crippen molar-refractivity contribution in [2.24, 2.45) is 0 Å². The van der Waals surface area contributed by atoms with Crippen LogP contribution in [-0.2, 0) is 13.1 Å². The van der Waals surface area contributed by atoms with Gasteiger partial charge < -0.3 is 5.32 Å². The van der Waals surface area contributed by atoms with E-state index in [9.17, 15) is 0 Å². The van der Waals surface area contributed by atoms with Crippen LogP contribution in [0.25, 0.3) is 0 Å². The molecule has 1 saturated carbocycles. The van der Waals surface area contributed by atoms with Gasteiger partial charge in [-0.1, -0.05) is 19.9 Å². The molecule has 0 radical (unpaired) electrons. The zero-order chi connectivity index (χ0) is 13.7. The molecule has 0 amide bonds. The van der Waals surface area contributed by atoms with Crippen LogP contribution < -0.4 is 5.32 Å². The minimum atomic E-state index is 0.665. The molecule has 0 aromatic carbocycles. The minimum absolute atomic E-state index is 0.665. The van der Waals surface area contributed by atoms with Crippen molar-refractivity contribution in [3.63, 3.8) is 0 Å². The number of rotatable bonds is 8. The first-order valence-corrected chi connectivity index (χ1v) is 7.60. The van der Waals surface area contributed by atoms with Crippen LogP contribution >= 0.6 is 0 Å². The SMILES string of the molecule is CCC(CC)N(C)Cc1ccc(CNC2CC2)cn1. The van der Waals surface area contributed by atoms with Crippen LogP contribution in [0.4, 0.5) is 0 Å². The molecule has 1 aromatic rings. The summed E-state index contributed by atoms with van der Waals surface area (Å²) >= 11 is 0. The van der Waals surface area contributed by atoms with E-state index in [0.717, 1.165) is 19.1 Å². The summed E-state index contributed by atoms with van der Waals surface area (Å²) in [5.41, 5.74) is 2.46. The Morgan fingerprint density at radius 1 is 1.32 bits per heavy atom. The van der Waals surface area contributed by atoms with Crippen molar-refractivity contribution in [1.29, 1.82) is 0 Å². The average Bonchev–Trinajstić information content (AvgIpc) is 3.23. The summed E-state index contributed by atoms with van der Waals surface area (Å²) in [5, 5.41) is 3.52. The number of nitrogens with zero attached hydrogens (tertiary/aromatic N) is 2. The monoisotopic (exact) mass is 261 g/mol. The molecule has 106 valence electrons. The summed E-state index contributed by atoms with van der Waals surface area (Å²) in [6, 6.07) is 5.81. The second kappa shape index (κ2) is 7.01. The summed E-state index contributed by atoms with van der Waals surface area (Å²) < 4.78 is 0. The van der Waals surface area contributed by atoms with Gasteiger partial charge in [0.1, 0.15) is 0 Å². The normalized spacial score (nSPS) is 15.4. The van der Waals surface area contributed by atoms with Crippen LogP contribution in [0.5, 0.6) is 0 Å². The van der Waals surface area contributed by atoms with Gasteiger partial charge in [0, 0.05) is 31.4 Å². The largest absolute Gasteiger partial charge is 0.310 e. The highest BCUT2D eigenvalue weighted by Gasteiger charge is 2.19. The Hall–Kier alpha value is -0.930. The number of nitrogens with one attached hydrogen (secondary N) is 1. The van der Waals surface area contributed by atoms with E-state index in [4.69, 9.17) is 0 Å². The summed E-state index contributed by atoms with van der Waals surface area (Å²) in [7, 11) is 2.20. The lowest BCUT2D eigenvalue weighted by molar-refractivity contribution is 0.219. The first-order valence-electron chi connectivity index (χ1n) is 7.60. The van der Waals surface area contributed by atoms with Crippen LogP contribution in [0.15, 0.2) is 18.3 Å². The summed E-state index contributed by atoms with van der Waals surface area (Å²) in [6.45, 7) is 6.42. The Labute approximate surface area is 117 Å². The van der Waals surface area contributed by atoms with E-state index in [2.05, 4.69) is 48.2 Å². The molecular formula is C16H27N3. The van der Waals surface area contributed by atoms with Crippen LogP contribution in [0.1, 0.15) is 50.8 Å². The molecule has 1 fully saturated rings. The Morgan fingerprint density at radius 3 is 2.58 bits per heavy atom. The van der Waals surface area contributed by atoms with Gasteiger partial charge in [0.05, 0.1) is 5.69 Å². The van der Waals surface area contributed by atoms with Gasteiger partial charge in [0.2, 0.25) is 0 Å². The van der Waals surface area contributed by atoms with Crippen molar-refractivity contribution in [2.45, 2.75) is 64.7 Å². The van der Waals surface area contributed by atoms with Gasteiger partial charge >= 0.3 is 0 Å². The fraction of sp³-hybridized carbons (Fsp3) is 0.688. The number of hydrogen-bond donors (Lipinski definition) is 1. The minimum Gasteiger partial charge on any atom is -0.310 e. The Balaban J connectivity index is 1.83. The second-order valence-electron chi connectivity index (χ2n) is 5.70. The molecule has 0 atom stereocenters. The average molecular weight is 261 g/mol. The Morgan fingerprint density at radius 2 is 2.05 bits per heavy atom. The van der Waals surface area contributed by atoms with Gasteiger partial charge in [0.15, 0.2) is 0 Å². The number of hydrogen-bond acceptors (Lipinski definition) is 3. The number of aromatic nitrogens is 1. The van der Waals surface area contributed by atoms with Crippen molar-refractivity contribution in [2.75, 3.05) is 7.05 Å². The van der Waals surface area contributed by atoms with Crippen LogP contribution in [-0.4, -0.2) is 29.0 Å². The highest BCUT2D eigenvalue weighted by molar-refractivity contribution is 5.14. The molecule has 0 bridgehead atoms. The van der Waals surface area contributed by atoms with Gasteiger partial charge in [-0.3, -0.25) is 9.88 Å². The van der Waals surface area contributed by atoms with Crippen molar-refractivity contribution in [3.8, 4) is 0 Å². The van der Waals surface area contributed by atoms with Gasteiger partial charge in [0.25, 0.3) is 0 Å². The fourth-order valence-electron chi connectivity index (χ4n) is 2.50. The van der Waals surface area contributed by atoms with Crippen molar-refractivity contribution < 1.29 is 0 Å². The van der Waals surface area contributed by atoms with E-state index in [1.165, 1.54) is 36.9 Å². The maximum Gasteiger partial charge on any atom is 0.0544 e. The standard InChI is InChI=1S/C16H27N3/c1-4-16(5-2)19(3)12-15-7-6-13(11-18-15)10-17-14-8-9-14/h6-7,11,14,16-17H,4-5,8-10,12H2,1-3H3. The van der Waals surface area contributed by atoms with Crippen molar-refractivity contribution in [1.82, 2.24) is 15.2 Å². The predicted molar refractivity (Wildman–Crippen MR) is 79.9 cm³/mol.